The molecule has 0 radical (unpaired) electrons. The molecule has 0 aliphatic heterocycles. The number of carbonyl (C=O) groups excluding carboxylic acids is 1. The summed E-state index contributed by atoms with van der Waals surface area (Å²) in [4.78, 5) is 12.3. The average molecular weight is 589 g/mol. The van der Waals surface area contributed by atoms with E-state index in [9.17, 15) is 13.2 Å². The standard InChI is InChI=1S/C34H68O5S/c1-3-5-7-9-11-13-15-17-19-21-23-25-27-29-31-33(34(35)39-40(36,37)38)32-30-28-26-24-22-20-18-16-14-12-10-8-6-4-2/h33H,3-32H2,1-2H3,(H,36,37,38). The van der Waals surface area contributed by atoms with Crippen LogP contribution in [0.15, 0.2) is 0 Å². The first-order valence-electron chi connectivity index (χ1n) is 17.6. The molecule has 0 atom stereocenters. The third-order valence-corrected chi connectivity index (χ3v) is 8.71. The smallest absolute Gasteiger partial charge is 0.325 e. The fourth-order valence-electron chi connectivity index (χ4n) is 5.72. The van der Waals surface area contributed by atoms with Crippen LogP contribution >= 0.6 is 0 Å². The quantitative estimate of drug-likeness (QED) is 0.0624. The van der Waals surface area contributed by atoms with Gasteiger partial charge in [0.15, 0.2) is 0 Å². The van der Waals surface area contributed by atoms with Gasteiger partial charge in [0.1, 0.15) is 0 Å². The minimum atomic E-state index is -4.74. The molecule has 0 heterocycles. The predicted molar refractivity (Wildman–Crippen MR) is 171 cm³/mol. The third kappa shape index (κ3) is 30.3. The summed E-state index contributed by atoms with van der Waals surface area (Å²) in [5.74, 6) is -1.22. The minimum absolute atomic E-state index is 0.434. The van der Waals surface area contributed by atoms with Crippen LogP contribution in [0.2, 0.25) is 0 Å². The van der Waals surface area contributed by atoms with E-state index >= 15 is 0 Å². The molecule has 0 aromatic heterocycles. The highest BCUT2D eigenvalue weighted by Gasteiger charge is 2.24. The van der Waals surface area contributed by atoms with Crippen molar-refractivity contribution in [2.24, 2.45) is 5.92 Å². The van der Waals surface area contributed by atoms with Gasteiger partial charge in [-0.05, 0) is 12.8 Å². The van der Waals surface area contributed by atoms with Gasteiger partial charge in [-0.3, -0.25) is 9.35 Å². The fourth-order valence-corrected chi connectivity index (χ4v) is 6.07. The largest absolute Gasteiger partial charge is 0.448 e. The maximum atomic E-state index is 12.3. The molecule has 5 nitrogen and oxygen atoms in total. The molecule has 0 saturated carbocycles. The summed E-state index contributed by atoms with van der Waals surface area (Å²) in [6.07, 6.45) is 37.1. The molecule has 0 aliphatic rings. The second kappa shape index (κ2) is 29.9. The van der Waals surface area contributed by atoms with E-state index in [0.29, 0.717) is 12.8 Å². The molecule has 6 heteroatoms. The van der Waals surface area contributed by atoms with Gasteiger partial charge in [-0.25, -0.2) is 0 Å². The van der Waals surface area contributed by atoms with Gasteiger partial charge in [0.25, 0.3) is 0 Å². The topological polar surface area (TPSA) is 80.7 Å². The lowest BCUT2D eigenvalue weighted by Crippen LogP contribution is -2.21. The average Bonchev–Trinajstić information content (AvgIpc) is 2.91. The van der Waals surface area contributed by atoms with E-state index in [0.717, 1.165) is 38.5 Å². The van der Waals surface area contributed by atoms with E-state index in [1.807, 2.05) is 0 Å². The van der Waals surface area contributed by atoms with E-state index in [-0.39, 0.29) is 0 Å². The van der Waals surface area contributed by atoms with Gasteiger partial charge < -0.3 is 4.18 Å². The Morgan fingerprint density at radius 2 is 0.700 bits per heavy atom. The second-order valence-corrected chi connectivity index (χ2v) is 13.3. The molecule has 0 fully saturated rings. The molecule has 0 amide bonds. The van der Waals surface area contributed by atoms with Crippen LogP contribution in [0, 0.1) is 5.92 Å². The zero-order valence-electron chi connectivity index (χ0n) is 26.8. The van der Waals surface area contributed by atoms with Crippen molar-refractivity contribution < 1.29 is 21.9 Å². The molecule has 0 unspecified atom stereocenters. The van der Waals surface area contributed by atoms with Crippen LogP contribution in [0.1, 0.15) is 206 Å². The second-order valence-electron chi connectivity index (χ2n) is 12.3. The summed E-state index contributed by atoms with van der Waals surface area (Å²) in [7, 11) is -4.74. The van der Waals surface area contributed by atoms with Crippen molar-refractivity contribution in [2.75, 3.05) is 0 Å². The van der Waals surface area contributed by atoms with Crippen LogP contribution in [0.3, 0.4) is 0 Å². The molecule has 0 aliphatic carbocycles. The lowest BCUT2D eigenvalue weighted by molar-refractivity contribution is -0.139. The lowest BCUT2D eigenvalue weighted by Gasteiger charge is -2.14. The summed E-state index contributed by atoms with van der Waals surface area (Å²) in [6, 6.07) is 0. The summed E-state index contributed by atoms with van der Waals surface area (Å²) >= 11 is 0. The highest BCUT2D eigenvalue weighted by atomic mass is 32.3. The fraction of sp³-hybridized carbons (Fsp3) is 0.971. The van der Waals surface area contributed by atoms with Gasteiger partial charge in [-0.15, -0.1) is 0 Å². The molecular formula is C34H68O5S. The Morgan fingerprint density at radius 1 is 0.475 bits per heavy atom. The van der Waals surface area contributed by atoms with Crippen molar-refractivity contribution in [3.63, 3.8) is 0 Å². The summed E-state index contributed by atoms with van der Waals surface area (Å²) in [5.41, 5.74) is 0. The van der Waals surface area contributed by atoms with E-state index in [2.05, 4.69) is 18.0 Å². The number of rotatable bonds is 32. The first-order chi connectivity index (χ1) is 19.4. The van der Waals surface area contributed by atoms with Crippen LogP contribution in [0.25, 0.3) is 0 Å². The number of unbranched alkanes of at least 4 members (excludes halogenated alkanes) is 26. The highest BCUT2D eigenvalue weighted by Crippen LogP contribution is 2.22. The van der Waals surface area contributed by atoms with Crippen molar-refractivity contribution in [3.05, 3.63) is 0 Å². The Morgan fingerprint density at radius 3 is 0.925 bits per heavy atom. The Balaban J connectivity index is 3.84. The van der Waals surface area contributed by atoms with Crippen LogP contribution in [-0.2, 0) is 19.4 Å². The van der Waals surface area contributed by atoms with E-state index in [1.165, 1.54) is 141 Å². The zero-order chi connectivity index (χ0) is 29.6. The van der Waals surface area contributed by atoms with Crippen molar-refractivity contribution in [3.8, 4) is 0 Å². The molecule has 40 heavy (non-hydrogen) atoms. The Labute approximate surface area is 250 Å². The first kappa shape index (κ1) is 39.4. The molecule has 0 spiro atoms. The molecule has 240 valence electrons. The number of hydrogen-bond acceptors (Lipinski definition) is 4. The number of hydrogen-bond donors (Lipinski definition) is 1. The summed E-state index contributed by atoms with van der Waals surface area (Å²) < 4.78 is 35.4. The van der Waals surface area contributed by atoms with Gasteiger partial charge in [-0.2, -0.15) is 8.42 Å². The molecule has 0 aromatic carbocycles. The van der Waals surface area contributed by atoms with Gasteiger partial charge in [0, 0.05) is 0 Å². The summed E-state index contributed by atoms with van der Waals surface area (Å²) in [5, 5.41) is 0. The maximum absolute atomic E-state index is 12.3. The van der Waals surface area contributed by atoms with Crippen LogP contribution < -0.4 is 0 Å². The molecular weight excluding hydrogens is 520 g/mol. The first-order valence-corrected chi connectivity index (χ1v) is 19.0. The molecule has 0 bridgehead atoms. The SMILES string of the molecule is CCCCCCCCCCCCCCCCC(CCCCCCCCCCCCCCCC)C(=O)OS(=O)(=O)O. The van der Waals surface area contributed by atoms with Gasteiger partial charge >= 0.3 is 16.4 Å². The van der Waals surface area contributed by atoms with Crippen molar-refractivity contribution in [1.82, 2.24) is 0 Å². The predicted octanol–water partition coefficient (Wildman–Crippen LogP) is 11.7. The Kier molecular flexibility index (Phi) is 29.4. The van der Waals surface area contributed by atoms with Crippen LogP contribution in [0.4, 0.5) is 0 Å². The maximum Gasteiger partial charge on any atom is 0.448 e. The lowest BCUT2D eigenvalue weighted by atomic mass is 9.94. The molecule has 0 saturated heterocycles. The molecule has 1 N–H and O–H groups in total. The van der Waals surface area contributed by atoms with E-state index < -0.39 is 22.3 Å². The normalized spacial score (nSPS) is 11.9. The van der Waals surface area contributed by atoms with Gasteiger partial charge in [0.05, 0.1) is 5.92 Å². The van der Waals surface area contributed by atoms with Crippen LogP contribution in [0.5, 0.6) is 0 Å². The Bertz CT molecular complexity index is 602. The van der Waals surface area contributed by atoms with E-state index in [4.69, 9.17) is 4.55 Å². The van der Waals surface area contributed by atoms with Crippen LogP contribution in [-0.4, -0.2) is 18.9 Å². The molecule has 0 aromatic rings. The van der Waals surface area contributed by atoms with E-state index in [1.54, 1.807) is 0 Å². The van der Waals surface area contributed by atoms with Crippen molar-refractivity contribution >= 4 is 16.4 Å². The minimum Gasteiger partial charge on any atom is -0.325 e. The van der Waals surface area contributed by atoms with Crippen molar-refractivity contribution in [2.45, 2.75) is 206 Å². The van der Waals surface area contributed by atoms with Crippen molar-refractivity contribution in [1.29, 1.82) is 0 Å². The zero-order valence-corrected chi connectivity index (χ0v) is 27.6. The summed E-state index contributed by atoms with van der Waals surface area (Å²) in [6.45, 7) is 4.52. The van der Waals surface area contributed by atoms with Gasteiger partial charge in [0.2, 0.25) is 0 Å². The monoisotopic (exact) mass is 588 g/mol. The molecule has 0 rings (SSSR count). The van der Waals surface area contributed by atoms with Gasteiger partial charge in [-0.1, -0.05) is 194 Å². The Hall–Kier alpha value is -0.620. The third-order valence-electron chi connectivity index (χ3n) is 8.33. The highest BCUT2D eigenvalue weighted by molar-refractivity contribution is 7.81. The number of carbonyl (C=O) groups is 1.